The summed E-state index contributed by atoms with van der Waals surface area (Å²) in [5.74, 6) is 0.691. The number of anilines is 4. The smallest absolute Gasteiger partial charge is 0.414 e. The number of piperidine rings is 1. The first-order valence-electron chi connectivity index (χ1n) is 18.9. The Morgan fingerprint density at radius 2 is 1.27 bits per heavy atom. The zero-order valence-corrected chi connectivity index (χ0v) is 34.0. The number of fused-ring (bicyclic) bond motifs is 2. The summed E-state index contributed by atoms with van der Waals surface area (Å²) in [5, 5.41) is 2.88. The lowest BCUT2D eigenvalue weighted by Crippen LogP contribution is -2.52. The van der Waals surface area contributed by atoms with E-state index in [9.17, 15) is 19.2 Å². The third-order valence-electron chi connectivity index (χ3n) is 8.77. The molecule has 0 aromatic heterocycles. The van der Waals surface area contributed by atoms with E-state index in [1.165, 1.54) is 0 Å². The molecule has 0 atom stereocenters. The van der Waals surface area contributed by atoms with E-state index in [2.05, 4.69) is 5.32 Å². The molecule has 0 bridgehead atoms. The number of alkyl halides is 1. The lowest BCUT2D eigenvalue weighted by atomic mass is 8.68. The zero-order valence-electron chi connectivity index (χ0n) is 33.2. The van der Waals surface area contributed by atoms with E-state index < -0.39 is 30.4 Å². The molecule has 3 heterocycles. The van der Waals surface area contributed by atoms with Crippen LogP contribution < -0.4 is 20.0 Å². The van der Waals surface area contributed by atoms with Crippen molar-refractivity contribution in [3.8, 4) is 0 Å². The molecule has 2 aromatic carbocycles. The molecule has 0 aliphatic carbocycles. The van der Waals surface area contributed by atoms with Crippen molar-refractivity contribution >= 4 is 116 Å². The molecule has 10 radical (unpaired) electrons. The molecule has 280 valence electrons. The highest BCUT2D eigenvalue weighted by molar-refractivity contribution is 7.89. The topological polar surface area (TPSA) is 108 Å². The van der Waals surface area contributed by atoms with Gasteiger partial charge >= 0.3 is 12.2 Å². The van der Waals surface area contributed by atoms with Crippen molar-refractivity contribution in [1.82, 2.24) is 0 Å². The molecule has 10 nitrogen and oxygen atoms in total. The Labute approximate surface area is 340 Å². The predicted octanol–water partition coefficient (Wildman–Crippen LogP) is 4.79. The highest BCUT2D eigenvalue weighted by Crippen LogP contribution is 2.35. The van der Waals surface area contributed by atoms with E-state index in [1.54, 1.807) is 9.80 Å². The van der Waals surface area contributed by atoms with E-state index in [0.717, 1.165) is 73.3 Å². The molecule has 5 rings (SSSR count). The summed E-state index contributed by atoms with van der Waals surface area (Å²) in [6, 6.07) is 11.6. The van der Waals surface area contributed by atoms with Crippen LogP contribution in [0.1, 0.15) is 91.2 Å². The number of hydrogen-bond acceptors (Lipinski definition) is 6. The second-order valence-corrected chi connectivity index (χ2v) is 16.2. The second-order valence-electron chi connectivity index (χ2n) is 15.8. The number of ether oxygens (including phenoxy) is 2. The Morgan fingerprint density at radius 1 is 0.745 bits per heavy atom. The third kappa shape index (κ3) is 14.6. The van der Waals surface area contributed by atoms with Crippen LogP contribution in [-0.2, 0) is 31.9 Å². The van der Waals surface area contributed by atoms with Gasteiger partial charge in [-0.2, -0.15) is 0 Å². The summed E-state index contributed by atoms with van der Waals surface area (Å²) in [7, 11) is 25.8. The lowest BCUT2D eigenvalue weighted by Gasteiger charge is -2.28. The Hall–Kier alpha value is -3.27. The number of carbonyl (C=O) groups excluding carboxylic acids is 4. The monoisotopic (exact) mass is 756 g/mol. The van der Waals surface area contributed by atoms with Gasteiger partial charge in [0.25, 0.3) is 0 Å². The number of amides is 4. The number of rotatable bonds is 8. The summed E-state index contributed by atoms with van der Waals surface area (Å²) >= 11 is 5.62. The zero-order chi connectivity index (χ0) is 41.1. The number of hydrogen-bond donors (Lipinski definition) is 1. The van der Waals surface area contributed by atoms with Crippen LogP contribution in [0.2, 0.25) is 0 Å². The van der Waals surface area contributed by atoms with Crippen molar-refractivity contribution in [3.05, 3.63) is 47.5 Å². The van der Waals surface area contributed by atoms with Gasteiger partial charge in [-0.3, -0.25) is 19.4 Å². The molecule has 0 saturated carbocycles. The van der Waals surface area contributed by atoms with Crippen LogP contribution in [-0.4, -0.2) is 119 Å². The molecule has 55 heavy (non-hydrogen) atoms. The van der Waals surface area contributed by atoms with Crippen LogP contribution in [0, 0.1) is 0 Å². The predicted molar refractivity (Wildman–Crippen MR) is 233 cm³/mol. The maximum absolute atomic E-state index is 12.4. The van der Waals surface area contributed by atoms with Gasteiger partial charge in [0.15, 0.2) is 0 Å². The van der Waals surface area contributed by atoms with Crippen LogP contribution in [0.15, 0.2) is 36.4 Å². The molecule has 0 spiro atoms. The van der Waals surface area contributed by atoms with Crippen LogP contribution in [0.3, 0.4) is 0 Å². The van der Waals surface area contributed by atoms with Crippen molar-refractivity contribution < 1.29 is 28.7 Å². The Balaban J connectivity index is 0.000000247. The summed E-state index contributed by atoms with van der Waals surface area (Å²) in [6.45, 7) is 13.1. The van der Waals surface area contributed by atoms with Crippen LogP contribution in [0.25, 0.3) is 0 Å². The first kappa shape index (κ1) is 46.1. The maximum Gasteiger partial charge on any atom is 0.414 e. The molecule has 2 aromatic rings. The van der Waals surface area contributed by atoms with E-state index in [-0.39, 0.29) is 24.0 Å². The summed E-state index contributed by atoms with van der Waals surface area (Å²) < 4.78 is 10.9. The molecule has 1 fully saturated rings. The molecule has 19 heteroatoms. The fraction of sp³-hybridized carbons (Fsp3) is 0.556. The van der Waals surface area contributed by atoms with E-state index >= 15 is 0 Å². The van der Waals surface area contributed by atoms with Gasteiger partial charge in [0.2, 0.25) is 11.8 Å². The fourth-order valence-electron chi connectivity index (χ4n) is 5.94. The number of unbranched alkanes of at least 4 members (excludes halogenated alkanes) is 1. The van der Waals surface area contributed by atoms with Crippen molar-refractivity contribution in [2.24, 2.45) is 0 Å². The third-order valence-corrected chi connectivity index (χ3v) is 9.04. The first-order chi connectivity index (χ1) is 25.7. The average molecular weight is 756 g/mol. The Kier molecular flexibility index (Phi) is 17.4. The average Bonchev–Trinajstić information content (AvgIpc) is 3.71. The minimum Gasteiger partial charge on any atom is -0.443 e. The largest absolute Gasteiger partial charge is 0.443 e. The molecular formula is C36H49B8ClN4O6. The van der Waals surface area contributed by atoms with Crippen molar-refractivity contribution in [2.45, 2.75) is 104 Å². The SMILES string of the molecule is CC(C)(C)OC(=O)N1CCc2ccc(N3CCCCC3=O)cc21.CC(C)(C)OC(=O)N1CCc2ccc(NC(=O)CCCCCl)cc21.[B]B([B])B([B])B([B])[B]. The van der Waals surface area contributed by atoms with Crippen LogP contribution in [0.5, 0.6) is 0 Å². The van der Waals surface area contributed by atoms with Gasteiger partial charge in [-0.05, 0) is 115 Å². The maximum atomic E-state index is 12.4. The highest BCUT2D eigenvalue weighted by Gasteiger charge is 2.31. The van der Waals surface area contributed by atoms with Gasteiger partial charge in [-0.1, -0.05) is 12.1 Å². The van der Waals surface area contributed by atoms with Gasteiger partial charge in [-0.25, -0.2) is 9.59 Å². The quantitative estimate of drug-likeness (QED) is 0.236. The molecule has 4 amide bonds. The Morgan fingerprint density at radius 3 is 1.75 bits per heavy atom. The highest BCUT2D eigenvalue weighted by atomic mass is 35.5. The number of halogens is 1. The van der Waals surface area contributed by atoms with E-state index in [4.69, 9.17) is 59.8 Å². The molecule has 3 aliphatic heterocycles. The molecule has 0 unspecified atom stereocenters. The van der Waals surface area contributed by atoms with Crippen molar-refractivity contribution in [1.29, 1.82) is 0 Å². The number of carbonyl (C=O) groups is 4. The van der Waals surface area contributed by atoms with Crippen molar-refractivity contribution in [3.63, 3.8) is 0 Å². The van der Waals surface area contributed by atoms with Crippen LogP contribution >= 0.6 is 11.6 Å². The van der Waals surface area contributed by atoms with Gasteiger partial charge < -0.3 is 19.7 Å². The normalized spacial score (nSPS) is 14.7. The standard InChI is InChI=1S/C18H25ClN2O3.C18H24N2O3.B8/c1-18(2,3)24-17(23)21-11-9-13-7-8-14(12-15(13)21)20-16(22)6-4-5-10-19;1-18(2,3)23-17(22)20-11-9-13-7-8-14(12-15(13)20)19-10-5-4-6-16(19)21;1-6(2)8(5)7(3)4/h7-8,12H,4-6,9-11H2,1-3H3,(H,20,22);7-8,12H,4-6,9-11H2,1-3H3;. The number of benzene rings is 2. The van der Waals surface area contributed by atoms with Crippen LogP contribution in [0.4, 0.5) is 32.3 Å². The summed E-state index contributed by atoms with van der Waals surface area (Å²) in [4.78, 5) is 53.9. The number of nitrogens with zero attached hydrogens (tertiary/aromatic N) is 3. The molecular weight excluding hydrogens is 706 g/mol. The molecule has 1 N–H and O–H groups in total. The minimum atomic E-state index is -0.630. The van der Waals surface area contributed by atoms with Crippen molar-refractivity contribution in [2.75, 3.05) is 45.5 Å². The van der Waals surface area contributed by atoms with E-state index in [1.807, 2.05) is 82.8 Å². The van der Waals surface area contributed by atoms with E-state index in [0.29, 0.717) is 37.5 Å². The lowest BCUT2D eigenvalue weighted by molar-refractivity contribution is -0.119. The first-order valence-corrected chi connectivity index (χ1v) is 19.4. The number of nitrogens with one attached hydrogen (secondary N) is 1. The summed E-state index contributed by atoms with van der Waals surface area (Å²) in [6.07, 6.45) is 3.79. The fourth-order valence-corrected chi connectivity index (χ4v) is 6.13. The van der Waals surface area contributed by atoms with Gasteiger partial charge in [-0.15, -0.1) is 11.6 Å². The molecule has 1 saturated heterocycles. The Bertz CT molecular complexity index is 1630. The molecule has 3 aliphatic rings. The summed E-state index contributed by atoms with van der Waals surface area (Å²) in [5.41, 5.74) is 4.42. The van der Waals surface area contributed by atoms with Gasteiger partial charge in [0.05, 0.1) is 11.4 Å². The van der Waals surface area contributed by atoms with Gasteiger partial charge in [0, 0.05) is 108 Å². The van der Waals surface area contributed by atoms with Gasteiger partial charge in [0.1, 0.15) is 11.2 Å². The second kappa shape index (κ2) is 20.8. The minimum absolute atomic E-state index is 0.0399.